The smallest absolute Gasteiger partial charge is 0.226 e. The SMILES string of the molecule is O=C(Cc1ccn[nH]1)N[C@@H]1CCN(c2ccc(F)c(Cl)c2)C1. The van der Waals surface area contributed by atoms with Crippen LogP contribution in [0.1, 0.15) is 12.1 Å². The number of hydrogen-bond acceptors (Lipinski definition) is 3. The molecule has 0 spiro atoms. The lowest BCUT2D eigenvalue weighted by Gasteiger charge is -2.19. The van der Waals surface area contributed by atoms with E-state index >= 15 is 0 Å². The number of carbonyl (C=O) groups is 1. The number of carbonyl (C=O) groups excluding carboxylic acids is 1. The molecule has 1 aromatic heterocycles. The van der Waals surface area contributed by atoms with Crippen molar-refractivity contribution in [2.24, 2.45) is 0 Å². The van der Waals surface area contributed by atoms with Gasteiger partial charge >= 0.3 is 0 Å². The van der Waals surface area contributed by atoms with Crippen LogP contribution >= 0.6 is 11.6 Å². The molecule has 2 N–H and O–H groups in total. The number of hydrogen-bond donors (Lipinski definition) is 2. The fourth-order valence-corrected chi connectivity index (χ4v) is 2.80. The first-order valence-electron chi connectivity index (χ1n) is 7.09. The zero-order chi connectivity index (χ0) is 15.5. The first-order valence-corrected chi connectivity index (χ1v) is 7.47. The minimum Gasteiger partial charge on any atom is -0.369 e. The highest BCUT2D eigenvalue weighted by Crippen LogP contribution is 2.25. The third-order valence-corrected chi connectivity index (χ3v) is 4.02. The summed E-state index contributed by atoms with van der Waals surface area (Å²) < 4.78 is 13.2. The molecular weight excluding hydrogens is 307 g/mol. The molecule has 0 unspecified atom stereocenters. The van der Waals surface area contributed by atoms with E-state index in [2.05, 4.69) is 20.4 Å². The lowest BCUT2D eigenvalue weighted by atomic mass is 10.2. The van der Waals surface area contributed by atoms with Crippen molar-refractivity contribution in [3.05, 3.63) is 47.0 Å². The number of H-pyrrole nitrogens is 1. The van der Waals surface area contributed by atoms with Crippen molar-refractivity contribution in [2.45, 2.75) is 18.9 Å². The van der Waals surface area contributed by atoms with Gasteiger partial charge in [0.05, 0.1) is 11.4 Å². The Morgan fingerprint density at radius 3 is 3.09 bits per heavy atom. The van der Waals surface area contributed by atoms with Crippen LogP contribution in [0.4, 0.5) is 10.1 Å². The Bertz CT molecular complexity index is 662. The minimum absolute atomic E-state index is 0.0340. The van der Waals surface area contributed by atoms with E-state index in [1.54, 1.807) is 24.4 Å². The number of halogens is 2. The van der Waals surface area contributed by atoms with Crippen LogP contribution in [-0.4, -0.2) is 35.2 Å². The van der Waals surface area contributed by atoms with Crippen LogP contribution in [-0.2, 0) is 11.2 Å². The maximum absolute atomic E-state index is 13.2. The number of benzene rings is 1. The summed E-state index contributed by atoms with van der Waals surface area (Å²) in [6.07, 6.45) is 2.76. The number of nitrogens with zero attached hydrogens (tertiary/aromatic N) is 2. The Kier molecular flexibility index (Phi) is 4.29. The van der Waals surface area contributed by atoms with Gasteiger partial charge in [-0.2, -0.15) is 5.10 Å². The van der Waals surface area contributed by atoms with Crippen LogP contribution in [0.15, 0.2) is 30.5 Å². The van der Waals surface area contributed by atoms with Gasteiger partial charge < -0.3 is 10.2 Å². The zero-order valence-electron chi connectivity index (χ0n) is 11.9. The highest BCUT2D eigenvalue weighted by Gasteiger charge is 2.24. The number of aromatic amines is 1. The molecule has 2 aromatic rings. The number of anilines is 1. The highest BCUT2D eigenvalue weighted by atomic mass is 35.5. The van der Waals surface area contributed by atoms with Crippen molar-refractivity contribution in [3.63, 3.8) is 0 Å². The average Bonchev–Trinajstić information content (AvgIpc) is 3.13. The van der Waals surface area contributed by atoms with E-state index in [9.17, 15) is 9.18 Å². The van der Waals surface area contributed by atoms with Crippen molar-refractivity contribution >= 4 is 23.2 Å². The van der Waals surface area contributed by atoms with Gasteiger partial charge in [-0.3, -0.25) is 9.89 Å². The number of nitrogens with one attached hydrogen (secondary N) is 2. The summed E-state index contributed by atoms with van der Waals surface area (Å²) in [5.41, 5.74) is 1.66. The van der Waals surface area contributed by atoms with E-state index < -0.39 is 5.82 Å². The van der Waals surface area contributed by atoms with Crippen LogP contribution in [0, 0.1) is 5.82 Å². The Balaban J connectivity index is 1.55. The summed E-state index contributed by atoms with van der Waals surface area (Å²) >= 11 is 5.81. The zero-order valence-corrected chi connectivity index (χ0v) is 12.6. The van der Waals surface area contributed by atoms with Gasteiger partial charge in [0.1, 0.15) is 5.82 Å². The average molecular weight is 323 g/mol. The molecule has 1 atom stereocenters. The van der Waals surface area contributed by atoms with Gasteiger partial charge in [-0.15, -0.1) is 0 Å². The summed E-state index contributed by atoms with van der Waals surface area (Å²) in [4.78, 5) is 14.0. The van der Waals surface area contributed by atoms with Gasteiger partial charge in [0.25, 0.3) is 0 Å². The normalized spacial score (nSPS) is 17.7. The quantitative estimate of drug-likeness (QED) is 0.906. The first-order chi connectivity index (χ1) is 10.6. The van der Waals surface area contributed by atoms with E-state index in [4.69, 9.17) is 11.6 Å². The number of rotatable bonds is 4. The molecule has 3 rings (SSSR count). The second-order valence-corrected chi connectivity index (χ2v) is 5.76. The topological polar surface area (TPSA) is 61.0 Å². The first kappa shape index (κ1) is 14.8. The molecule has 1 saturated heterocycles. The highest BCUT2D eigenvalue weighted by molar-refractivity contribution is 6.31. The molecule has 0 bridgehead atoms. The van der Waals surface area contributed by atoms with Crippen LogP contribution in [0.25, 0.3) is 0 Å². The van der Waals surface area contributed by atoms with Crippen LogP contribution in [0.5, 0.6) is 0 Å². The lowest BCUT2D eigenvalue weighted by molar-refractivity contribution is -0.121. The molecule has 2 heterocycles. The molecule has 1 aliphatic heterocycles. The molecule has 1 aromatic carbocycles. The largest absolute Gasteiger partial charge is 0.369 e. The molecule has 0 saturated carbocycles. The summed E-state index contributed by atoms with van der Waals surface area (Å²) in [5, 5.41) is 9.71. The van der Waals surface area contributed by atoms with Crippen molar-refractivity contribution in [2.75, 3.05) is 18.0 Å². The molecule has 1 fully saturated rings. The number of amides is 1. The Morgan fingerprint density at radius 1 is 1.50 bits per heavy atom. The minimum atomic E-state index is -0.422. The monoisotopic (exact) mass is 322 g/mol. The van der Waals surface area contributed by atoms with Crippen molar-refractivity contribution in [1.29, 1.82) is 0 Å². The standard InChI is InChI=1S/C15H16ClFN4O/c16-13-8-12(1-2-14(13)17)21-6-4-11(9-21)19-15(22)7-10-3-5-18-20-10/h1-3,5,8,11H,4,6-7,9H2,(H,18,20)(H,19,22)/t11-/m1/s1. The van der Waals surface area contributed by atoms with Gasteiger partial charge in [-0.05, 0) is 30.7 Å². The molecular formula is C15H16ClFN4O. The van der Waals surface area contributed by atoms with Gasteiger partial charge in [0, 0.05) is 36.7 Å². The molecule has 1 aliphatic rings. The van der Waals surface area contributed by atoms with Crippen LogP contribution in [0.2, 0.25) is 5.02 Å². The fourth-order valence-electron chi connectivity index (χ4n) is 2.63. The maximum Gasteiger partial charge on any atom is 0.226 e. The fraction of sp³-hybridized carbons (Fsp3) is 0.333. The van der Waals surface area contributed by atoms with Gasteiger partial charge in [0.15, 0.2) is 0 Å². The van der Waals surface area contributed by atoms with E-state index in [1.807, 2.05) is 0 Å². The second-order valence-electron chi connectivity index (χ2n) is 5.36. The van der Waals surface area contributed by atoms with Gasteiger partial charge in [-0.1, -0.05) is 11.6 Å². The summed E-state index contributed by atoms with van der Waals surface area (Å²) in [5.74, 6) is -0.456. The lowest BCUT2D eigenvalue weighted by Crippen LogP contribution is -2.38. The summed E-state index contributed by atoms with van der Waals surface area (Å²) in [6.45, 7) is 1.49. The van der Waals surface area contributed by atoms with Gasteiger partial charge in [0.2, 0.25) is 5.91 Å². The Hall–Kier alpha value is -2.08. The molecule has 7 heteroatoms. The maximum atomic E-state index is 13.2. The molecule has 0 radical (unpaired) electrons. The third kappa shape index (κ3) is 3.39. The number of aromatic nitrogens is 2. The molecule has 116 valence electrons. The second kappa shape index (κ2) is 6.36. The summed E-state index contributed by atoms with van der Waals surface area (Å²) in [6, 6.07) is 6.55. The van der Waals surface area contributed by atoms with Crippen molar-refractivity contribution in [1.82, 2.24) is 15.5 Å². The van der Waals surface area contributed by atoms with Crippen molar-refractivity contribution < 1.29 is 9.18 Å². The van der Waals surface area contributed by atoms with E-state index in [0.717, 1.165) is 24.3 Å². The molecule has 5 nitrogen and oxygen atoms in total. The predicted molar refractivity (Wildman–Crippen MR) is 82.5 cm³/mol. The van der Waals surface area contributed by atoms with Gasteiger partial charge in [-0.25, -0.2) is 4.39 Å². The third-order valence-electron chi connectivity index (χ3n) is 3.73. The molecule has 22 heavy (non-hydrogen) atoms. The Labute approximate surface area is 132 Å². The molecule has 1 amide bonds. The van der Waals surface area contributed by atoms with Crippen LogP contribution < -0.4 is 10.2 Å². The van der Waals surface area contributed by atoms with E-state index in [-0.39, 0.29) is 17.0 Å². The molecule has 0 aliphatic carbocycles. The van der Waals surface area contributed by atoms with Crippen LogP contribution in [0.3, 0.4) is 0 Å². The predicted octanol–water partition coefficient (Wildman–Crippen LogP) is 2.14. The van der Waals surface area contributed by atoms with E-state index in [0.29, 0.717) is 13.0 Å². The van der Waals surface area contributed by atoms with Crippen molar-refractivity contribution in [3.8, 4) is 0 Å². The summed E-state index contributed by atoms with van der Waals surface area (Å²) in [7, 11) is 0. The van der Waals surface area contributed by atoms with E-state index in [1.165, 1.54) is 6.07 Å². The Morgan fingerprint density at radius 2 is 2.36 bits per heavy atom.